The summed E-state index contributed by atoms with van der Waals surface area (Å²) in [5.74, 6) is 1.92. The molecule has 0 heterocycles. The summed E-state index contributed by atoms with van der Waals surface area (Å²) in [6.07, 6.45) is 38.2. The number of unbranched alkanes of at least 4 members (excludes halogenated alkanes) is 19. The van der Waals surface area contributed by atoms with Crippen LogP contribution in [0, 0.1) is 11.8 Å². The molecule has 0 amide bonds. The van der Waals surface area contributed by atoms with Crippen molar-refractivity contribution in [3.8, 4) is 0 Å². The predicted molar refractivity (Wildman–Crippen MR) is 150 cm³/mol. The maximum Gasteiger partial charge on any atom is -0.0443 e. The van der Waals surface area contributed by atoms with Crippen molar-refractivity contribution in [1.82, 2.24) is 0 Å². The lowest BCUT2D eigenvalue weighted by molar-refractivity contribution is 0.426. The Labute approximate surface area is 206 Å². The Morgan fingerprint density at radius 3 is 0.812 bits per heavy atom. The van der Waals surface area contributed by atoms with E-state index in [2.05, 4.69) is 27.7 Å². The van der Waals surface area contributed by atoms with Crippen LogP contribution in [0.15, 0.2) is 0 Å². The molecule has 0 aromatic rings. The Balaban J connectivity index is 3.17. The lowest BCUT2D eigenvalue weighted by Gasteiger charge is -2.11. The first-order valence-electron chi connectivity index (χ1n) is 15.7. The van der Waals surface area contributed by atoms with Gasteiger partial charge >= 0.3 is 0 Å². The summed E-state index contributed by atoms with van der Waals surface area (Å²) in [7, 11) is 0. The highest BCUT2D eigenvalue weighted by atomic mass is 14.1. The molecule has 0 aliphatic carbocycles. The zero-order chi connectivity index (χ0) is 23.5. The zero-order valence-corrected chi connectivity index (χ0v) is 23.5. The lowest BCUT2D eigenvalue weighted by atomic mass is 9.95. The molecule has 0 bridgehead atoms. The van der Waals surface area contributed by atoms with Gasteiger partial charge in [0, 0.05) is 0 Å². The van der Waals surface area contributed by atoms with E-state index in [-0.39, 0.29) is 0 Å². The van der Waals surface area contributed by atoms with Crippen LogP contribution in [0.25, 0.3) is 0 Å². The van der Waals surface area contributed by atoms with Gasteiger partial charge in [-0.25, -0.2) is 0 Å². The minimum absolute atomic E-state index is 0.959. The van der Waals surface area contributed by atoms with Crippen LogP contribution in [0.4, 0.5) is 0 Å². The maximum absolute atomic E-state index is 2.50. The van der Waals surface area contributed by atoms with Crippen molar-refractivity contribution in [1.29, 1.82) is 0 Å². The molecule has 0 rings (SSSR count). The molecule has 0 radical (unpaired) electrons. The minimum Gasteiger partial charge on any atom is -0.0654 e. The lowest BCUT2D eigenvalue weighted by Crippen LogP contribution is -1.95. The summed E-state index contributed by atoms with van der Waals surface area (Å²) in [4.78, 5) is 0. The summed E-state index contributed by atoms with van der Waals surface area (Å²) in [6.45, 7) is 9.56. The number of rotatable bonds is 27. The Morgan fingerprint density at radius 2 is 0.531 bits per heavy atom. The first-order chi connectivity index (χ1) is 15.7. The quantitative estimate of drug-likeness (QED) is 0.109. The van der Waals surface area contributed by atoms with Crippen LogP contribution in [-0.2, 0) is 0 Å². The minimum atomic E-state index is 0.959. The molecule has 0 nitrogen and oxygen atoms in total. The van der Waals surface area contributed by atoms with Crippen molar-refractivity contribution in [3.05, 3.63) is 0 Å². The van der Waals surface area contributed by atoms with Gasteiger partial charge in [0.05, 0.1) is 0 Å². The summed E-state index contributed by atoms with van der Waals surface area (Å²) in [5, 5.41) is 0. The fourth-order valence-corrected chi connectivity index (χ4v) is 5.34. The Hall–Kier alpha value is 0. The predicted octanol–water partition coefficient (Wildman–Crippen LogP) is 12.4. The summed E-state index contributed by atoms with van der Waals surface area (Å²) in [6, 6.07) is 0. The molecular formula is C32H66. The van der Waals surface area contributed by atoms with Crippen LogP contribution in [0.1, 0.15) is 195 Å². The molecule has 2 atom stereocenters. The summed E-state index contributed by atoms with van der Waals surface area (Å²) >= 11 is 0. The van der Waals surface area contributed by atoms with Crippen LogP contribution in [0.2, 0.25) is 0 Å². The third-order valence-corrected chi connectivity index (χ3v) is 7.73. The average Bonchev–Trinajstić information content (AvgIpc) is 2.78. The highest BCUT2D eigenvalue weighted by molar-refractivity contribution is 4.57. The smallest absolute Gasteiger partial charge is 0.0443 e. The number of hydrogen-bond acceptors (Lipinski definition) is 0. The van der Waals surface area contributed by atoms with Gasteiger partial charge < -0.3 is 0 Å². The van der Waals surface area contributed by atoms with E-state index >= 15 is 0 Å². The fourth-order valence-electron chi connectivity index (χ4n) is 5.34. The van der Waals surface area contributed by atoms with Gasteiger partial charge in [-0.15, -0.1) is 0 Å². The maximum atomic E-state index is 2.50. The number of hydrogen-bond donors (Lipinski definition) is 0. The molecule has 32 heavy (non-hydrogen) atoms. The van der Waals surface area contributed by atoms with E-state index in [1.165, 1.54) is 167 Å². The van der Waals surface area contributed by atoms with Crippen LogP contribution in [-0.4, -0.2) is 0 Å². The van der Waals surface area contributed by atoms with Crippen molar-refractivity contribution >= 4 is 0 Å². The topological polar surface area (TPSA) is 0 Å². The second-order valence-corrected chi connectivity index (χ2v) is 11.4. The van der Waals surface area contributed by atoms with E-state index < -0.39 is 0 Å². The molecule has 0 spiro atoms. The van der Waals surface area contributed by atoms with Crippen LogP contribution in [0.3, 0.4) is 0 Å². The van der Waals surface area contributed by atoms with Crippen molar-refractivity contribution < 1.29 is 0 Å². The monoisotopic (exact) mass is 451 g/mol. The molecule has 2 unspecified atom stereocenters. The molecule has 0 N–H and O–H groups in total. The summed E-state index contributed by atoms with van der Waals surface area (Å²) in [5.41, 5.74) is 0. The standard InChI is InChI=1S/C32H66/c1-5-7-8-9-10-11-12-13-14-15-16-18-22-25-29-32(4)30-26-23-20-17-19-21-24-28-31(3)27-6-2/h31-32H,5-30H2,1-4H3. The molecule has 0 heteroatoms. The molecule has 0 fully saturated rings. The van der Waals surface area contributed by atoms with Gasteiger partial charge in [-0.1, -0.05) is 195 Å². The Kier molecular flexibility index (Phi) is 27.2. The highest BCUT2D eigenvalue weighted by Gasteiger charge is 2.03. The highest BCUT2D eigenvalue weighted by Crippen LogP contribution is 2.20. The van der Waals surface area contributed by atoms with Crippen molar-refractivity contribution in [2.75, 3.05) is 0 Å². The van der Waals surface area contributed by atoms with E-state index in [1.54, 1.807) is 0 Å². The van der Waals surface area contributed by atoms with E-state index in [9.17, 15) is 0 Å². The first-order valence-corrected chi connectivity index (χ1v) is 15.7. The van der Waals surface area contributed by atoms with Crippen molar-refractivity contribution in [3.63, 3.8) is 0 Å². The molecular weight excluding hydrogens is 384 g/mol. The molecule has 0 aliphatic heterocycles. The Bertz CT molecular complexity index is 320. The molecule has 0 aromatic carbocycles. The molecule has 0 saturated carbocycles. The van der Waals surface area contributed by atoms with Gasteiger partial charge in [0.15, 0.2) is 0 Å². The van der Waals surface area contributed by atoms with Gasteiger partial charge in [0.25, 0.3) is 0 Å². The molecule has 0 aliphatic rings. The van der Waals surface area contributed by atoms with E-state index in [1.807, 2.05) is 0 Å². The third kappa shape index (κ3) is 26.3. The van der Waals surface area contributed by atoms with Gasteiger partial charge in [-0.3, -0.25) is 0 Å². The van der Waals surface area contributed by atoms with E-state index in [0.717, 1.165) is 11.8 Å². The van der Waals surface area contributed by atoms with Crippen LogP contribution in [0.5, 0.6) is 0 Å². The SMILES string of the molecule is CCCCCCCCCCCCCCCCC(C)CCCCCCCCCC(C)CCC. The van der Waals surface area contributed by atoms with Crippen molar-refractivity contribution in [2.45, 2.75) is 195 Å². The second-order valence-electron chi connectivity index (χ2n) is 11.4. The zero-order valence-electron chi connectivity index (χ0n) is 23.5. The molecule has 194 valence electrons. The van der Waals surface area contributed by atoms with Crippen molar-refractivity contribution in [2.24, 2.45) is 11.8 Å². The van der Waals surface area contributed by atoms with Gasteiger partial charge in [0.2, 0.25) is 0 Å². The van der Waals surface area contributed by atoms with Gasteiger partial charge in [0.1, 0.15) is 0 Å². The van der Waals surface area contributed by atoms with E-state index in [0.29, 0.717) is 0 Å². The third-order valence-electron chi connectivity index (χ3n) is 7.73. The van der Waals surface area contributed by atoms with E-state index in [4.69, 9.17) is 0 Å². The molecule has 0 saturated heterocycles. The van der Waals surface area contributed by atoms with Gasteiger partial charge in [-0.05, 0) is 11.8 Å². The van der Waals surface area contributed by atoms with Crippen LogP contribution < -0.4 is 0 Å². The second kappa shape index (κ2) is 27.2. The molecule has 0 aromatic heterocycles. The Morgan fingerprint density at radius 1 is 0.281 bits per heavy atom. The largest absolute Gasteiger partial charge is 0.0654 e. The van der Waals surface area contributed by atoms with Gasteiger partial charge in [-0.2, -0.15) is 0 Å². The fraction of sp³-hybridized carbons (Fsp3) is 1.00. The average molecular weight is 451 g/mol. The van der Waals surface area contributed by atoms with Crippen LogP contribution >= 0.6 is 0 Å². The first kappa shape index (κ1) is 32.0. The normalized spacial score (nSPS) is 13.5. The summed E-state index contributed by atoms with van der Waals surface area (Å²) < 4.78 is 0.